The summed E-state index contributed by atoms with van der Waals surface area (Å²) in [5, 5.41) is 16.6. The summed E-state index contributed by atoms with van der Waals surface area (Å²) in [5.41, 5.74) is -1.33. The molecule has 2 N–H and O–H groups in total. The van der Waals surface area contributed by atoms with Crippen molar-refractivity contribution in [1.82, 2.24) is 15.1 Å². The molecule has 0 radical (unpaired) electrons. The minimum atomic E-state index is -4.57. The number of amides is 1. The number of rotatable bonds is 9. The van der Waals surface area contributed by atoms with Crippen molar-refractivity contribution in [2.75, 3.05) is 6.61 Å². The van der Waals surface area contributed by atoms with Crippen molar-refractivity contribution in [3.8, 4) is 11.3 Å². The van der Waals surface area contributed by atoms with Gasteiger partial charge in [0, 0.05) is 18.2 Å². The first-order chi connectivity index (χ1) is 17.3. The highest BCUT2D eigenvalue weighted by atomic mass is 19.4. The molecule has 2 aromatic rings. The molecule has 0 aliphatic heterocycles. The van der Waals surface area contributed by atoms with Crippen LogP contribution in [0.2, 0.25) is 0 Å². The molecule has 0 saturated heterocycles. The van der Waals surface area contributed by atoms with Gasteiger partial charge in [0.05, 0.1) is 23.2 Å². The molecule has 1 amide bonds. The van der Waals surface area contributed by atoms with Crippen LogP contribution in [0, 0.1) is 5.92 Å². The van der Waals surface area contributed by atoms with Crippen LogP contribution in [-0.4, -0.2) is 45.0 Å². The molecule has 1 heterocycles. The Morgan fingerprint density at radius 2 is 1.84 bits per heavy atom. The summed E-state index contributed by atoms with van der Waals surface area (Å²) in [4.78, 5) is 26.0. The number of aromatic nitrogens is 2. The van der Waals surface area contributed by atoms with E-state index in [1.807, 2.05) is 0 Å². The number of alkyl halides is 3. The molecule has 10 heteroatoms. The minimum absolute atomic E-state index is 0.0238. The van der Waals surface area contributed by atoms with E-state index in [0.29, 0.717) is 12.8 Å². The molecular weight excluding hydrogens is 487 g/mol. The molecule has 7 nitrogen and oxygen atoms in total. The maximum absolute atomic E-state index is 13.8. The molecule has 2 atom stereocenters. The number of hydrogen-bond donors (Lipinski definition) is 2. The Morgan fingerprint density at radius 3 is 2.43 bits per heavy atom. The Bertz CT molecular complexity index is 1090. The third kappa shape index (κ3) is 7.34. The van der Waals surface area contributed by atoms with E-state index in [4.69, 9.17) is 4.74 Å². The lowest BCUT2D eigenvalue weighted by Gasteiger charge is -2.27. The molecule has 1 aromatic heterocycles. The Hall–Kier alpha value is -2.88. The lowest BCUT2D eigenvalue weighted by atomic mass is 9.96. The van der Waals surface area contributed by atoms with Crippen LogP contribution in [0.4, 0.5) is 13.2 Å². The van der Waals surface area contributed by atoms with Crippen LogP contribution in [0.25, 0.3) is 11.3 Å². The molecule has 1 aliphatic carbocycles. The van der Waals surface area contributed by atoms with E-state index in [1.165, 1.54) is 24.3 Å². The fourth-order valence-electron chi connectivity index (χ4n) is 4.65. The normalized spacial score (nSPS) is 16.4. The lowest BCUT2D eigenvalue weighted by molar-refractivity contribution is -0.160. The predicted molar refractivity (Wildman–Crippen MR) is 133 cm³/mol. The highest BCUT2D eigenvalue weighted by Gasteiger charge is 2.36. The molecule has 1 saturated carbocycles. The second-order valence-electron chi connectivity index (χ2n) is 10.6. The molecule has 0 spiro atoms. The topological polar surface area (TPSA) is 93.5 Å². The number of carbonyl (C=O) groups excluding carboxylic acids is 2. The van der Waals surface area contributed by atoms with E-state index in [-0.39, 0.29) is 29.6 Å². The summed E-state index contributed by atoms with van der Waals surface area (Å²) in [5.74, 6) is -1.80. The number of nitrogens with one attached hydrogen (secondary N) is 1. The van der Waals surface area contributed by atoms with Crippen molar-refractivity contribution in [1.29, 1.82) is 0 Å². The van der Waals surface area contributed by atoms with Crippen LogP contribution in [0.1, 0.15) is 88.3 Å². The summed E-state index contributed by atoms with van der Waals surface area (Å²) in [6.07, 6.45) is -0.514. The predicted octanol–water partition coefficient (Wildman–Crippen LogP) is 5.53. The second kappa shape index (κ2) is 11.7. The van der Waals surface area contributed by atoms with Gasteiger partial charge in [-0.3, -0.25) is 14.3 Å². The number of esters is 1. The number of halogens is 3. The van der Waals surface area contributed by atoms with Gasteiger partial charge in [-0.05, 0) is 65.5 Å². The maximum atomic E-state index is 13.8. The molecule has 0 bridgehead atoms. The van der Waals surface area contributed by atoms with Crippen LogP contribution < -0.4 is 5.32 Å². The van der Waals surface area contributed by atoms with Crippen molar-refractivity contribution < 1.29 is 32.6 Å². The molecule has 1 fully saturated rings. The molecule has 204 valence electrons. The summed E-state index contributed by atoms with van der Waals surface area (Å²) < 4.78 is 48.4. The zero-order valence-corrected chi connectivity index (χ0v) is 21.8. The lowest BCUT2D eigenvalue weighted by Crippen LogP contribution is -2.44. The third-order valence-corrected chi connectivity index (χ3v) is 6.52. The van der Waals surface area contributed by atoms with Crippen molar-refractivity contribution >= 4 is 11.9 Å². The van der Waals surface area contributed by atoms with Crippen molar-refractivity contribution in [3.63, 3.8) is 0 Å². The third-order valence-electron chi connectivity index (χ3n) is 6.52. The Morgan fingerprint density at radius 1 is 1.19 bits per heavy atom. The fourth-order valence-corrected chi connectivity index (χ4v) is 4.65. The monoisotopic (exact) mass is 523 g/mol. The standard InChI is InChI=1S/C27H36F3N3O4/c1-17(25(36)37-26(2,3)4)21(14-9-15-34)31-24(35)22-16-23(33(32-22)18-10-5-6-11-18)19-12-7-8-13-20(19)27(28,29)30/h7-8,12-13,16-18,21,34H,5-6,9-11,14-15H2,1-4H3,(H,31,35)/t17?,21-/m0/s1. The van der Waals surface area contributed by atoms with E-state index < -0.39 is 41.2 Å². The van der Waals surface area contributed by atoms with E-state index in [0.717, 1.165) is 31.7 Å². The number of carbonyl (C=O) groups is 2. The summed E-state index contributed by atoms with van der Waals surface area (Å²) >= 11 is 0. The molecule has 37 heavy (non-hydrogen) atoms. The Balaban J connectivity index is 1.95. The fraction of sp³-hybridized carbons (Fsp3) is 0.593. The first-order valence-electron chi connectivity index (χ1n) is 12.7. The van der Waals surface area contributed by atoms with Crippen LogP contribution >= 0.6 is 0 Å². The highest BCUT2D eigenvalue weighted by Crippen LogP contribution is 2.40. The highest BCUT2D eigenvalue weighted by molar-refractivity contribution is 5.94. The number of nitrogens with zero attached hydrogens (tertiary/aromatic N) is 2. The maximum Gasteiger partial charge on any atom is 0.417 e. The van der Waals surface area contributed by atoms with Gasteiger partial charge >= 0.3 is 12.1 Å². The quantitative estimate of drug-likeness (QED) is 0.422. The van der Waals surface area contributed by atoms with Gasteiger partial charge in [-0.2, -0.15) is 18.3 Å². The SMILES string of the molecule is CC(C(=O)OC(C)(C)C)[C@H](CCCO)NC(=O)c1cc(-c2ccccc2C(F)(F)F)n(C2CCCC2)n1. The number of aliphatic hydroxyl groups excluding tert-OH is 1. The van der Waals surface area contributed by atoms with Gasteiger partial charge in [0.25, 0.3) is 5.91 Å². The van der Waals surface area contributed by atoms with E-state index in [9.17, 15) is 27.9 Å². The van der Waals surface area contributed by atoms with Gasteiger partial charge in [0.15, 0.2) is 5.69 Å². The van der Waals surface area contributed by atoms with Crippen LogP contribution in [0.5, 0.6) is 0 Å². The van der Waals surface area contributed by atoms with Gasteiger partial charge in [0.2, 0.25) is 0 Å². The molecule has 1 aliphatic rings. The van der Waals surface area contributed by atoms with Crippen LogP contribution in [0.3, 0.4) is 0 Å². The summed E-state index contributed by atoms with van der Waals surface area (Å²) in [6.45, 7) is 6.75. The second-order valence-corrected chi connectivity index (χ2v) is 10.6. The van der Waals surface area contributed by atoms with E-state index in [2.05, 4.69) is 10.4 Å². The number of aliphatic hydroxyl groups is 1. The summed E-state index contributed by atoms with van der Waals surface area (Å²) in [6, 6.07) is 5.90. The van der Waals surface area contributed by atoms with Crippen molar-refractivity contribution in [2.24, 2.45) is 5.92 Å². The Kier molecular flexibility index (Phi) is 9.05. The number of hydrogen-bond acceptors (Lipinski definition) is 5. The average Bonchev–Trinajstić information content (AvgIpc) is 3.49. The average molecular weight is 524 g/mol. The van der Waals surface area contributed by atoms with Gasteiger partial charge in [-0.15, -0.1) is 0 Å². The Labute approximate surface area is 215 Å². The van der Waals surface area contributed by atoms with Crippen molar-refractivity contribution in [2.45, 2.75) is 90.1 Å². The van der Waals surface area contributed by atoms with Gasteiger partial charge < -0.3 is 15.2 Å². The zero-order chi connectivity index (χ0) is 27.4. The van der Waals surface area contributed by atoms with Crippen molar-refractivity contribution in [3.05, 3.63) is 41.6 Å². The van der Waals surface area contributed by atoms with E-state index in [1.54, 1.807) is 32.4 Å². The zero-order valence-electron chi connectivity index (χ0n) is 21.8. The smallest absolute Gasteiger partial charge is 0.417 e. The van der Waals surface area contributed by atoms with E-state index >= 15 is 0 Å². The first kappa shape index (κ1) is 28.7. The molecular formula is C27H36F3N3O4. The van der Waals surface area contributed by atoms with Gasteiger partial charge in [-0.1, -0.05) is 31.0 Å². The largest absolute Gasteiger partial charge is 0.460 e. The number of ether oxygens (including phenoxy) is 1. The van der Waals surface area contributed by atoms with Gasteiger partial charge in [0.1, 0.15) is 5.60 Å². The van der Waals surface area contributed by atoms with Crippen LogP contribution in [-0.2, 0) is 15.7 Å². The van der Waals surface area contributed by atoms with Crippen LogP contribution in [0.15, 0.2) is 30.3 Å². The number of benzene rings is 1. The molecule has 3 rings (SSSR count). The van der Waals surface area contributed by atoms with Gasteiger partial charge in [-0.25, -0.2) is 0 Å². The summed E-state index contributed by atoms with van der Waals surface area (Å²) in [7, 11) is 0. The minimum Gasteiger partial charge on any atom is -0.460 e. The molecule has 1 unspecified atom stereocenters. The first-order valence-corrected chi connectivity index (χ1v) is 12.7. The molecule has 1 aromatic carbocycles.